The first-order valence-electron chi connectivity index (χ1n) is 3.57. The van der Waals surface area contributed by atoms with Crippen molar-refractivity contribution in [3.8, 4) is 5.75 Å². The van der Waals surface area contributed by atoms with Crippen molar-refractivity contribution < 1.29 is 14.3 Å². The molecule has 0 bridgehead atoms. The third-order valence-corrected chi connectivity index (χ3v) is 1.38. The van der Waals surface area contributed by atoms with E-state index < -0.39 is 0 Å². The molecule has 0 aliphatic rings. The minimum Gasteiger partial charge on any atom is -0.457 e. The first kappa shape index (κ1) is 8.59. The molecule has 0 aliphatic carbocycles. The molecule has 3 heteroatoms. The number of benzene rings is 1. The molecule has 0 heterocycles. The molecular formula is C9H10O3. The van der Waals surface area contributed by atoms with E-state index in [1.54, 1.807) is 0 Å². The molecule has 0 amide bonds. The van der Waals surface area contributed by atoms with Crippen LogP contribution in [0.5, 0.6) is 5.75 Å². The van der Waals surface area contributed by atoms with Crippen molar-refractivity contribution in [3.63, 3.8) is 0 Å². The molecule has 0 atom stereocenters. The summed E-state index contributed by atoms with van der Waals surface area (Å²) in [5, 5.41) is 0. The average Bonchev–Trinajstić information content (AvgIpc) is 2.09. The summed E-state index contributed by atoms with van der Waals surface area (Å²) in [6.07, 6.45) is 0. The summed E-state index contributed by atoms with van der Waals surface area (Å²) in [4.78, 5) is 9.75. The maximum atomic E-state index is 9.75. The molecule has 3 nitrogen and oxygen atoms in total. The number of hydrogen-bond acceptors (Lipinski definition) is 3. The smallest absolute Gasteiger partial charge is 0.295 e. The van der Waals surface area contributed by atoms with Gasteiger partial charge in [-0.1, -0.05) is 17.7 Å². The number of hydrogen-bond donors (Lipinski definition) is 0. The van der Waals surface area contributed by atoms with Gasteiger partial charge in [-0.05, 0) is 19.1 Å². The van der Waals surface area contributed by atoms with Gasteiger partial charge in [0.2, 0.25) is 6.79 Å². The lowest BCUT2D eigenvalue weighted by Gasteiger charge is -2.03. The van der Waals surface area contributed by atoms with Gasteiger partial charge in [-0.3, -0.25) is 4.79 Å². The second kappa shape index (κ2) is 4.38. The Morgan fingerprint density at radius 3 is 2.58 bits per heavy atom. The predicted octanol–water partition coefficient (Wildman–Crippen LogP) is 1.50. The lowest BCUT2D eigenvalue weighted by Crippen LogP contribution is -2.00. The quantitative estimate of drug-likeness (QED) is 0.386. The van der Waals surface area contributed by atoms with Crippen molar-refractivity contribution in [2.45, 2.75) is 6.92 Å². The summed E-state index contributed by atoms with van der Waals surface area (Å²) in [6, 6.07) is 7.50. The average molecular weight is 166 g/mol. The molecule has 0 unspecified atom stereocenters. The van der Waals surface area contributed by atoms with Crippen LogP contribution in [0.2, 0.25) is 0 Å². The monoisotopic (exact) mass is 166 g/mol. The highest BCUT2D eigenvalue weighted by molar-refractivity contribution is 5.36. The summed E-state index contributed by atoms with van der Waals surface area (Å²) >= 11 is 0. The summed E-state index contributed by atoms with van der Waals surface area (Å²) in [6.45, 7) is 2.31. The summed E-state index contributed by atoms with van der Waals surface area (Å²) in [7, 11) is 0. The van der Waals surface area contributed by atoms with Crippen molar-refractivity contribution in [3.05, 3.63) is 29.8 Å². The Bertz CT molecular complexity index is 240. The second-order valence-corrected chi connectivity index (χ2v) is 2.34. The van der Waals surface area contributed by atoms with E-state index in [9.17, 15) is 4.79 Å². The van der Waals surface area contributed by atoms with Crippen LogP contribution < -0.4 is 4.74 Å². The van der Waals surface area contributed by atoms with E-state index in [0.29, 0.717) is 12.2 Å². The zero-order valence-corrected chi connectivity index (χ0v) is 6.82. The third kappa shape index (κ3) is 2.62. The van der Waals surface area contributed by atoms with Crippen LogP contribution in [0.3, 0.4) is 0 Å². The number of rotatable bonds is 4. The van der Waals surface area contributed by atoms with Crippen LogP contribution in [-0.2, 0) is 9.53 Å². The molecule has 64 valence electrons. The SMILES string of the molecule is Cc1ccc(OCOC=O)cc1. The van der Waals surface area contributed by atoms with Crippen LogP contribution in [0.1, 0.15) is 5.56 Å². The van der Waals surface area contributed by atoms with E-state index in [1.807, 2.05) is 31.2 Å². The fraction of sp³-hybridized carbons (Fsp3) is 0.222. The minimum atomic E-state index is -0.0352. The zero-order chi connectivity index (χ0) is 8.81. The van der Waals surface area contributed by atoms with Gasteiger partial charge >= 0.3 is 0 Å². The van der Waals surface area contributed by atoms with E-state index in [1.165, 1.54) is 5.56 Å². The first-order chi connectivity index (χ1) is 5.83. The molecule has 0 spiro atoms. The minimum absolute atomic E-state index is 0.0352. The molecule has 0 saturated heterocycles. The number of aryl methyl sites for hydroxylation is 1. The topological polar surface area (TPSA) is 35.5 Å². The highest BCUT2D eigenvalue weighted by atomic mass is 16.7. The Hall–Kier alpha value is -1.51. The molecule has 0 aromatic heterocycles. The third-order valence-electron chi connectivity index (χ3n) is 1.38. The van der Waals surface area contributed by atoms with Crippen molar-refractivity contribution in [1.29, 1.82) is 0 Å². The van der Waals surface area contributed by atoms with Gasteiger partial charge in [0.05, 0.1) is 0 Å². The first-order valence-corrected chi connectivity index (χ1v) is 3.57. The van der Waals surface area contributed by atoms with Gasteiger partial charge < -0.3 is 9.47 Å². The van der Waals surface area contributed by atoms with E-state index >= 15 is 0 Å². The molecule has 0 saturated carbocycles. The maximum absolute atomic E-state index is 9.75. The van der Waals surface area contributed by atoms with Gasteiger partial charge in [-0.2, -0.15) is 0 Å². The summed E-state index contributed by atoms with van der Waals surface area (Å²) < 4.78 is 9.41. The molecule has 0 radical (unpaired) electrons. The Morgan fingerprint density at radius 2 is 2.00 bits per heavy atom. The van der Waals surface area contributed by atoms with E-state index in [4.69, 9.17) is 4.74 Å². The largest absolute Gasteiger partial charge is 0.457 e. The standard InChI is InChI=1S/C9H10O3/c1-8-2-4-9(5-3-8)12-7-11-6-10/h2-6H,7H2,1H3. The lowest BCUT2D eigenvalue weighted by molar-refractivity contribution is -0.134. The van der Waals surface area contributed by atoms with E-state index in [2.05, 4.69) is 4.74 Å². The van der Waals surface area contributed by atoms with Crippen LogP contribution in [0, 0.1) is 6.92 Å². The van der Waals surface area contributed by atoms with Gasteiger partial charge in [-0.25, -0.2) is 0 Å². The molecule has 12 heavy (non-hydrogen) atoms. The van der Waals surface area contributed by atoms with Crippen molar-refractivity contribution >= 4 is 6.47 Å². The molecular weight excluding hydrogens is 156 g/mol. The lowest BCUT2D eigenvalue weighted by atomic mass is 10.2. The number of carbonyl (C=O) groups is 1. The highest BCUT2D eigenvalue weighted by Crippen LogP contribution is 2.10. The summed E-state index contributed by atoms with van der Waals surface area (Å²) in [5.41, 5.74) is 1.17. The maximum Gasteiger partial charge on any atom is 0.295 e. The molecule has 0 N–H and O–H groups in total. The molecule has 0 aliphatic heterocycles. The zero-order valence-electron chi connectivity index (χ0n) is 6.82. The predicted molar refractivity (Wildman–Crippen MR) is 43.8 cm³/mol. The fourth-order valence-corrected chi connectivity index (χ4v) is 0.764. The van der Waals surface area contributed by atoms with Crippen LogP contribution in [0.25, 0.3) is 0 Å². The Morgan fingerprint density at radius 1 is 1.33 bits per heavy atom. The van der Waals surface area contributed by atoms with Crippen LogP contribution >= 0.6 is 0 Å². The van der Waals surface area contributed by atoms with Gasteiger partial charge in [0.15, 0.2) is 0 Å². The van der Waals surface area contributed by atoms with Crippen molar-refractivity contribution in [2.75, 3.05) is 6.79 Å². The Kier molecular flexibility index (Phi) is 3.14. The second-order valence-electron chi connectivity index (χ2n) is 2.34. The van der Waals surface area contributed by atoms with E-state index in [-0.39, 0.29) is 6.79 Å². The van der Waals surface area contributed by atoms with Gasteiger partial charge in [0, 0.05) is 0 Å². The highest BCUT2D eigenvalue weighted by Gasteiger charge is 1.90. The van der Waals surface area contributed by atoms with Crippen molar-refractivity contribution in [2.24, 2.45) is 0 Å². The number of carbonyl (C=O) groups excluding carboxylic acids is 1. The number of ether oxygens (including phenoxy) is 2. The van der Waals surface area contributed by atoms with Gasteiger partial charge in [-0.15, -0.1) is 0 Å². The molecule has 1 rings (SSSR count). The Balaban J connectivity index is 2.42. The molecule has 1 aromatic rings. The van der Waals surface area contributed by atoms with Gasteiger partial charge in [0.25, 0.3) is 6.47 Å². The molecule has 0 fully saturated rings. The fourth-order valence-electron chi connectivity index (χ4n) is 0.764. The Labute approximate surface area is 70.9 Å². The van der Waals surface area contributed by atoms with Crippen molar-refractivity contribution in [1.82, 2.24) is 0 Å². The normalized spacial score (nSPS) is 9.08. The van der Waals surface area contributed by atoms with Gasteiger partial charge in [0.1, 0.15) is 5.75 Å². The summed E-state index contributed by atoms with van der Waals surface area (Å²) in [5.74, 6) is 0.697. The van der Waals surface area contributed by atoms with Crippen LogP contribution in [-0.4, -0.2) is 13.3 Å². The van der Waals surface area contributed by atoms with E-state index in [0.717, 1.165) is 0 Å². The van der Waals surface area contributed by atoms with Crippen LogP contribution in [0.15, 0.2) is 24.3 Å². The van der Waals surface area contributed by atoms with Crippen LogP contribution in [0.4, 0.5) is 0 Å². The molecule has 1 aromatic carbocycles.